The molecule has 154 valence electrons. The van der Waals surface area contributed by atoms with E-state index >= 15 is 0 Å². The molecule has 3 heterocycles. The molecular weight excluding hydrogens is 388 g/mol. The summed E-state index contributed by atoms with van der Waals surface area (Å²) in [6.45, 7) is 3.35. The number of rotatable bonds is 8. The van der Waals surface area contributed by atoms with Gasteiger partial charge in [0.05, 0.1) is 24.6 Å². The number of nitrogens with one attached hydrogen (secondary N) is 2. The topological polar surface area (TPSA) is 127 Å². The van der Waals surface area contributed by atoms with Gasteiger partial charge in [-0.15, -0.1) is 0 Å². The van der Waals surface area contributed by atoms with Gasteiger partial charge in [-0.05, 0) is 23.7 Å². The first-order valence-corrected chi connectivity index (χ1v) is 8.80. The number of hydrogen-bond acceptors (Lipinski definition) is 7. The zero-order valence-electron chi connectivity index (χ0n) is 15.7. The lowest BCUT2D eigenvalue weighted by molar-refractivity contribution is -0.125. The van der Waals surface area contributed by atoms with Crippen LogP contribution in [0.15, 0.2) is 23.1 Å². The van der Waals surface area contributed by atoms with Crippen molar-refractivity contribution in [2.24, 2.45) is 5.92 Å². The number of hydrogen-bond donors (Lipinski definition) is 2. The number of amides is 2. The Kier molecular flexibility index (Phi) is 6.10. The molecule has 0 bridgehead atoms. The minimum atomic E-state index is -2.53. The Hall–Kier alpha value is -3.44. The smallest absolute Gasteiger partial charge is 0.275 e. The van der Waals surface area contributed by atoms with Crippen molar-refractivity contribution in [1.29, 1.82) is 0 Å². The first-order chi connectivity index (χ1) is 13.8. The molecule has 0 unspecified atom stereocenters. The van der Waals surface area contributed by atoms with Gasteiger partial charge in [-0.25, -0.2) is 22.9 Å². The lowest BCUT2D eigenvalue weighted by Crippen LogP contribution is -2.29. The highest BCUT2D eigenvalue weighted by Gasteiger charge is 2.18. The number of halogens is 2. The van der Waals surface area contributed by atoms with Crippen molar-refractivity contribution in [3.05, 3.63) is 41.1 Å². The number of imidazole rings is 1. The lowest BCUT2D eigenvalue weighted by atomic mass is 10.1. The van der Waals surface area contributed by atoms with E-state index in [-0.39, 0.29) is 18.8 Å². The predicted octanol–water partition coefficient (Wildman–Crippen LogP) is 1.26. The largest absolute Gasteiger partial charge is 0.352 e. The van der Waals surface area contributed by atoms with Crippen LogP contribution in [-0.4, -0.2) is 43.2 Å². The van der Waals surface area contributed by atoms with E-state index < -0.39 is 30.6 Å². The fraction of sp³-hybridized carbons (Fsp3) is 0.412. The van der Waals surface area contributed by atoms with Crippen molar-refractivity contribution >= 4 is 17.5 Å². The molecule has 0 fully saturated rings. The Morgan fingerprint density at radius 2 is 2.03 bits per heavy atom. The van der Waals surface area contributed by atoms with Crippen molar-refractivity contribution in [2.45, 2.75) is 39.8 Å². The summed E-state index contributed by atoms with van der Waals surface area (Å²) in [6, 6.07) is 1.71. The minimum absolute atomic E-state index is 0.103. The highest BCUT2D eigenvalue weighted by atomic mass is 19.3. The maximum atomic E-state index is 12.4. The van der Waals surface area contributed by atoms with E-state index in [0.29, 0.717) is 22.6 Å². The Balaban J connectivity index is 1.59. The second-order valence-electron chi connectivity index (χ2n) is 6.53. The summed E-state index contributed by atoms with van der Waals surface area (Å²) in [6.07, 6.45) is 0.181. The molecule has 0 aromatic carbocycles. The summed E-state index contributed by atoms with van der Waals surface area (Å²) >= 11 is 0. The zero-order chi connectivity index (χ0) is 21.0. The van der Waals surface area contributed by atoms with Gasteiger partial charge in [0.2, 0.25) is 12.3 Å². The van der Waals surface area contributed by atoms with Crippen LogP contribution < -0.4 is 10.6 Å². The molecule has 2 amide bonds. The number of nitrogens with zero attached hydrogens (tertiary/aromatic N) is 5. The summed E-state index contributed by atoms with van der Waals surface area (Å²) in [7, 11) is 0. The summed E-state index contributed by atoms with van der Waals surface area (Å²) in [5.41, 5.74) is 2.23. The van der Waals surface area contributed by atoms with Crippen LogP contribution >= 0.6 is 0 Å². The first-order valence-electron chi connectivity index (χ1n) is 8.80. The molecule has 0 aliphatic heterocycles. The quantitative estimate of drug-likeness (QED) is 0.575. The maximum absolute atomic E-state index is 12.4. The van der Waals surface area contributed by atoms with E-state index in [1.807, 2.05) is 0 Å². The molecule has 3 rings (SSSR count). The number of aryl methyl sites for hydroxylation is 1. The van der Waals surface area contributed by atoms with Gasteiger partial charge in [-0.1, -0.05) is 12.1 Å². The monoisotopic (exact) mass is 407 g/mol. The van der Waals surface area contributed by atoms with Gasteiger partial charge in [-0.2, -0.15) is 5.10 Å². The predicted molar refractivity (Wildman–Crippen MR) is 94.8 cm³/mol. The molecule has 0 saturated heterocycles. The van der Waals surface area contributed by atoms with Gasteiger partial charge in [0.25, 0.3) is 5.91 Å². The van der Waals surface area contributed by atoms with Crippen LogP contribution in [0.4, 0.5) is 8.78 Å². The number of carbonyl (C=O) groups excluding carboxylic acids is 2. The molecule has 3 aromatic heterocycles. The highest BCUT2D eigenvalue weighted by molar-refractivity contribution is 5.92. The Morgan fingerprint density at radius 3 is 2.72 bits per heavy atom. The molecule has 0 spiro atoms. The van der Waals surface area contributed by atoms with Gasteiger partial charge in [0.15, 0.2) is 11.3 Å². The number of fused-ring (bicyclic) bond motifs is 1. The van der Waals surface area contributed by atoms with E-state index in [0.717, 1.165) is 0 Å². The van der Waals surface area contributed by atoms with E-state index in [1.54, 1.807) is 25.4 Å². The van der Waals surface area contributed by atoms with Crippen LogP contribution in [0.25, 0.3) is 5.65 Å². The van der Waals surface area contributed by atoms with E-state index in [1.165, 1.54) is 11.4 Å². The molecule has 0 radical (unpaired) electrons. The third kappa shape index (κ3) is 5.09. The van der Waals surface area contributed by atoms with Crippen LogP contribution in [0.2, 0.25) is 0 Å². The first kappa shape index (κ1) is 20.3. The Labute approximate surface area is 163 Å². The minimum Gasteiger partial charge on any atom is -0.352 e. The average Bonchev–Trinajstić information content (AvgIpc) is 3.28. The standard InChI is InChI=1S/C17H19F2N7O3/c1-9(3-13(18)19)16(27)20-5-11-4-14-23-12(8-26(14)22-6-11)7-21-17(28)15-10(2)24-29-25-15/h4,6,8-9,13H,3,5,7H2,1-2H3,(H,20,27)(H,21,28)/t9-/m0/s1. The molecular formula is C17H19F2N7O3. The SMILES string of the molecule is Cc1nonc1C(=O)NCc1cn2ncc(CNC(=O)[C@@H](C)CC(F)F)cc2n1. The normalized spacial score (nSPS) is 12.3. The van der Waals surface area contributed by atoms with Crippen molar-refractivity contribution in [3.8, 4) is 0 Å². The third-order valence-electron chi connectivity index (χ3n) is 4.17. The molecule has 0 aliphatic carbocycles. The maximum Gasteiger partial charge on any atom is 0.275 e. The fourth-order valence-corrected chi connectivity index (χ4v) is 2.58. The van der Waals surface area contributed by atoms with E-state index in [2.05, 4.69) is 35.7 Å². The van der Waals surface area contributed by atoms with Crippen LogP contribution in [-0.2, 0) is 17.9 Å². The van der Waals surface area contributed by atoms with Gasteiger partial charge < -0.3 is 10.6 Å². The summed E-state index contributed by atoms with van der Waals surface area (Å²) in [5, 5.41) is 16.5. The number of alkyl halides is 2. The summed E-state index contributed by atoms with van der Waals surface area (Å²) < 4.78 is 30.7. The Bertz CT molecular complexity index is 1020. The molecule has 0 saturated carbocycles. The van der Waals surface area contributed by atoms with E-state index in [9.17, 15) is 18.4 Å². The molecule has 12 heteroatoms. The number of carbonyl (C=O) groups is 2. The number of aromatic nitrogens is 5. The summed E-state index contributed by atoms with van der Waals surface area (Å²) in [5.74, 6) is -1.67. The molecule has 29 heavy (non-hydrogen) atoms. The van der Waals surface area contributed by atoms with E-state index in [4.69, 9.17) is 0 Å². The molecule has 2 N–H and O–H groups in total. The molecule has 3 aromatic rings. The van der Waals surface area contributed by atoms with Crippen molar-refractivity contribution < 1.29 is 23.0 Å². The Morgan fingerprint density at radius 1 is 1.24 bits per heavy atom. The average molecular weight is 407 g/mol. The van der Waals surface area contributed by atoms with Crippen molar-refractivity contribution in [1.82, 2.24) is 35.5 Å². The fourth-order valence-electron chi connectivity index (χ4n) is 2.58. The van der Waals surface area contributed by atoms with Crippen LogP contribution in [0.1, 0.15) is 40.8 Å². The second-order valence-corrected chi connectivity index (χ2v) is 6.53. The highest BCUT2D eigenvalue weighted by Crippen LogP contribution is 2.11. The van der Waals surface area contributed by atoms with Gasteiger partial charge in [-0.3, -0.25) is 9.59 Å². The lowest BCUT2D eigenvalue weighted by Gasteiger charge is -2.11. The summed E-state index contributed by atoms with van der Waals surface area (Å²) in [4.78, 5) is 28.2. The third-order valence-corrected chi connectivity index (χ3v) is 4.17. The molecule has 1 atom stereocenters. The van der Waals surface area contributed by atoms with Crippen LogP contribution in [0.3, 0.4) is 0 Å². The molecule has 0 aliphatic rings. The van der Waals surface area contributed by atoms with Crippen molar-refractivity contribution in [2.75, 3.05) is 0 Å². The van der Waals surface area contributed by atoms with Gasteiger partial charge in [0, 0.05) is 18.9 Å². The van der Waals surface area contributed by atoms with Gasteiger partial charge in [0.1, 0.15) is 5.69 Å². The van der Waals surface area contributed by atoms with Crippen LogP contribution in [0.5, 0.6) is 0 Å². The van der Waals surface area contributed by atoms with Crippen LogP contribution in [0, 0.1) is 12.8 Å². The van der Waals surface area contributed by atoms with Crippen molar-refractivity contribution in [3.63, 3.8) is 0 Å². The molecule has 10 nitrogen and oxygen atoms in total. The second kappa shape index (κ2) is 8.71. The van der Waals surface area contributed by atoms with Gasteiger partial charge >= 0.3 is 0 Å². The zero-order valence-corrected chi connectivity index (χ0v) is 15.7.